The number of aryl methyl sites for hydroxylation is 1. The molecule has 0 spiro atoms. The van der Waals surface area contributed by atoms with Gasteiger partial charge in [0.15, 0.2) is 0 Å². The van der Waals surface area contributed by atoms with Gasteiger partial charge in [-0.05, 0) is 61.0 Å². The van der Waals surface area contributed by atoms with Crippen molar-refractivity contribution in [2.24, 2.45) is 0 Å². The first-order valence-corrected chi connectivity index (χ1v) is 7.18. The number of ether oxygens (including phenoxy) is 2. The molecule has 4 heteroatoms. The van der Waals surface area contributed by atoms with Gasteiger partial charge in [0.05, 0.1) is 0 Å². The Hall–Kier alpha value is -1.55. The van der Waals surface area contributed by atoms with Gasteiger partial charge in [-0.25, -0.2) is 4.79 Å². The second-order valence-electron chi connectivity index (χ2n) is 5.72. The van der Waals surface area contributed by atoms with Gasteiger partial charge in [0.1, 0.15) is 11.4 Å². The number of rotatable bonds is 1. The highest BCUT2D eigenvalue weighted by Crippen LogP contribution is 2.14. The zero-order valence-corrected chi connectivity index (χ0v) is 15.0. The minimum Gasteiger partial charge on any atom is -0.428 e. The van der Waals surface area contributed by atoms with E-state index in [1.807, 2.05) is 58.9 Å². The van der Waals surface area contributed by atoms with Crippen molar-refractivity contribution in [2.45, 2.75) is 47.1 Å². The molecule has 0 heterocycles. The molecule has 0 unspecified atom stereocenters. The van der Waals surface area contributed by atoms with E-state index in [-0.39, 0.29) is 0 Å². The third-order valence-corrected chi connectivity index (χ3v) is 1.61. The Balaban J connectivity index is 0. The number of carbonyl (C=O) groups excluding carboxylic acids is 1. The Labute approximate surface area is 130 Å². The lowest BCUT2D eigenvalue weighted by Crippen LogP contribution is -2.25. The minimum absolute atomic E-state index is 0.495. The van der Waals surface area contributed by atoms with Crippen LogP contribution in [0.25, 0.3) is 0 Å². The van der Waals surface area contributed by atoms with Crippen LogP contribution >= 0.6 is 0 Å². The molecule has 0 fully saturated rings. The predicted molar refractivity (Wildman–Crippen MR) is 89.0 cm³/mol. The number of benzene rings is 1. The second-order valence-corrected chi connectivity index (χ2v) is 5.72. The quantitative estimate of drug-likeness (QED) is 0.564. The topological polar surface area (TPSA) is 38.8 Å². The molecule has 0 N–H and O–H groups in total. The zero-order chi connectivity index (χ0) is 17.1. The van der Waals surface area contributed by atoms with Gasteiger partial charge in [-0.2, -0.15) is 0 Å². The predicted octanol–water partition coefficient (Wildman–Crippen LogP) is 4.51. The maximum Gasteiger partial charge on any atom is 0.514 e. The molecule has 0 aliphatic heterocycles. The van der Waals surface area contributed by atoms with Crippen LogP contribution in [-0.2, 0) is 4.74 Å². The first-order valence-electron chi connectivity index (χ1n) is 7.18. The summed E-state index contributed by atoms with van der Waals surface area (Å²) in [5, 5.41) is 0. The molecule has 0 radical (unpaired) electrons. The van der Waals surface area contributed by atoms with Crippen molar-refractivity contribution in [3.05, 3.63) is 29.8 Å². The van der Waals surface area contributed by atoms with Gasteiger partial charge < -0.3 is 14.4 Å². The smallest absolute Gasteiger partial charge is 0.428 e. The SMILES string of the molecule is CC.CN(C)C.Cc1ccc(OC(=O)OC(C)(C)C)cc1. The minimum atomic E-state index is -0.675. The highest BCUT2D eigenvalue weighted by atomic mass is 16.7. The van der Waals surface area contributed by atoms with E-state index in [4.69, 9.17) is 9.47 Å². The van der Waals surface area contributed by atoms with E-state index in [2.05, 4.69) is 0 Å². The number of hydrogen-bond acceptors (Lipinski definition) is 4. The highest BCUT2D eigenvalue weighted by Gasteiger charge is 2.17. The van der Waals surface area contributed by atoms with Crippen LogP contribution in [0.4, 0.5) is 4.79 Å². The molecule has 0 aliphatic carbocycles. The summed E-state index contributed by atoms with van der Waals surface area (Å²) < 4.78 is 9.99. The van der Waals surface area contributed by atoms with Crippen LogP contribution in [-0.4, -0.2) is 37.8 Å². The summed E-state index contributed by atoms with van der Waals surface area (Å²) >= 11 is 0. The van der Waals surface area contributed by atoms with E-state index < -0.39 is 11.8 Å². The van der Waals surface area contributed by atoms with Gasteiger partial charge in [0, 0.05) is 0 Å². The van der Waals surface area contributed by atoms with Crippen molar-refractivity contribution < 1.29 is 14.3 Å². The van der Waals surface area contributed by atoms with Crippen molar-refractivity contribution in [2.75, 3.05) is 21.1 Å². The third-order valence-electron chi connectivity index (χ3n) is 1.61. The average Bonchev–Trinajstić information content (AvgIpc) is 2.31. The van der Waals surface area contributed by atoms with Crippen molar-refractivity contribution in [1.29, 1.82) is 0 Å². The van der Waals surface area contributed by atoms with E-state index in [1.165, 1.54) is 0 Å². The molecule has 1 rings (SSSR count). The molecular formula is C17H31NO3. The number of carbonyl (C=O) groups is 1. The first kappa shape index (κ1) is 21.7. The van der Waals surface area contributed by atoms with Crippen LogP contribution in [0.3, 0.4) is 0 Å². The van der Waals surface area contributed by atoms with Crippen LogP contribution in [0.1, 0.15) is 40.2 Å². The van der Waals surface area contributed by atoms with Crippen molar-refractivity contribution in [1.82, 2.24) is 4.90 Å². The van der Waals surface area contributed by atoms with Crippen LogP contribution < -0.4 is 4.74 Å². The first-order chi connectivity index (χ1) is 9.60. The molecule has 0 saturated heterocycles. The Morgan fingerprint density at radius 1 is 1.00 bits per heavy atom. The molecule has 21 heavy (non-hydrogen) atoms. The molecule has 122 valence electrons. The number of hydrogen-bond donors (Lipinski definition) is 0. The highest BCUT2D eigenvalue weighted by molar-refractivity contribution is 5.64. The summed E-state index contributed by atoms with van der Waals surface area (Å²) in [7, 11) is 6.00. The van der Waals surface area contributed by atoms with Gasteiger partial charge in [-0.15, -0.1) is 0 Å². The Morgan fingerprint density at radius 3 is 1.71 bits per heavy atom. The Bertz CT molecular complexity index is 375. The normalized spacial score (nSPS) is 9.81. The molecule has 1 aromatic rings. The summed E-state index contributed by atoms with van der Waals surface area (Å²) in [4.78, 5) is 13.3. The van der Waals surface area contributed by atoms with Crippen molar-refractivity contribution in [3.8, 4) is 5.75 Å². The summed E-state index contributed by atoms with van der Waals surface area (Å²) in [5.74, 6) is 0.495. The van der Waals surface area contributed by atoms with Crippen LogP contribution in [0.5, 0.6) is 5.75 Å². The molecule has 4 nitrogen and oxygen atoms in total. The van der Waals surface area contributed by atoms with Crippen LogP contribution in [0.15, 0.2) is 24.3 Å². The molecule has 0 aromatic heterocycles. The van der Waals surface area contributed by atoms with Crippen LogP contribution in [0.2, 0.25) is 0 Å². The Morgan fingerprint density at radius 2 is 1.38 bits per heavy atom. The van der Waals surface area contributed by atoms with Gasteiger partial charge in [-0.3, -0.25) is 0 Å². The lowest BCUT2D eigenvalue weighted by molar-refractivity contribution is 0.0206. The standard InChI is InChI=1S/C12H16O3.C3H9N.C2H6/c1-9-5-7-10(8-6-9)14-11(13)15-12(2,3)4;1-4(2)3;1-2/h5-8H,1-4H3;1-3H3;1-2H3. The van der Waals surface area contributed by atoms with Gasteiger partial charge in [0.2, 0.25) is 0 Å². The average molecular weight is 297 g/mol. The Kier molecular flexibility index (Phi) is 11.5. The molecular weight excluding hydrogens is 266 g/mol. The van der Waals surface area contributed by atoms with E-state index >= 15 is 0 Å². The molecule has 0 aliphatic rings. The maximum atomic E-state index is 11.3. The van der Waals surface area contributed by atoms with Crippen LogP contribution in [0, 0.1) is 6.92 Å². The van der Waals surface area contributed by atoms with Gasteiger partial charge >= 0.3 is 6.16 Å². The lowest BCUT2D eigenvalue weighted by Gasteiger charge is -2.18. The monoisotopic (exact) mass is 297 g/mol. The summed E-state index contributed by atoms with van der Waals surface area (Å²) in [6.07, 6.45) is -0.675. The summed E-state index contributed by atoms with van der Waals surface area (Å²) in [6.45, 7) is 11.4. The maximum absolute atomic E-state index is 11.3. The largest absolute Gasteiger partial charge is 0.514 e. The molecule has 0 amide bonds. The summed E-state index contributed by atoms with van der Waals surface area (Å²) in [5.41, 5.74) is 0.591. The molecule has 1 aromatic carbocycles. The summed E-state index contributed by atoms with van der Waals surface area (Å²) in [6, 6.07) is 7.22. The zero-order valence-electron chi connectivity index (χ0n) is 15.0. The second kappa shape index (κ2) is 11.1. The third kappa shape index (κ3) is 16.4. The fourth-order valence-electron chi connectivity index (χ4n) is 0.973. The van der Waals surface area contributed by atoms with Crippen molar-refractivity contribution >= 4 is 6.16 Å². The van der Waals surface area contributed by atoms with E-state index in [0.29, 0.717) is 5.75 Å². The van der Waals surface area contributed by atoms with Gasteiger partial charge in [-0.1, -0.05) is 31.5 Å². The molecule has 0 atom stereocenters. The van der Waals surface area contributed by atoms with E-state index in [9.17, 15) is 4.79 Å². The van der Waals surface area contributed by atoms with Gasteiger partial charge in [0.25, 0.3) is 0 Å². The lowest BCUT2D eigenvalue weighted by atomic mass is 10.2. The van der Waals surface area contributed by atoms with E-state index in [0.717, 1.165) is 5.56 Å². The number of nitrogens with zero attached hydrogens (tertiary/aromatic N) is 1. The fraction of sp³-hybridized carbons (Fsp3) is 0.588. The molecule has 0 saturated carbocycles. The molecule has 0 bridgehead atoms. The van der Waals surface area contributed by atoms with Crippen molar-refractivity contribution in [3.63, 3.8) is 0 Å². The van der Waals surface area contributed by atoms with E-state index in [1.54, 1.807) is 32.9 Å². The fourth-order valence-corrected chi connectivity index (χ4v) is 0.973.